The van der Waals surface area contributed by atoms with Crippen LogP contribution in [-0.4, -0.2) is 82.7 Å². The molecule has 3 aliphatic rings. The van der Waals surface area contributed by atoms with Crippen molar-refractivity contribution in [1.29, 1.82) is 0 Å². The Morgan fingerprint density at radius 1 is 0.974 bits per heavy atom. The average molecular weight is 578 g/mol. The predicted molar refractivity (Wildman–Crippen MR) is 132 cm³/mol. The highest BCUT2D eigenvalue weighted by Crippen LogP contribution is 2.47. The highest BCUT2D eigenvalue weighted by Gasteiger charge is 2.65. The molecule has 3 heterocycles. The quantitative estimate of drug-likeness (QED) is 0.386. The van der Waals surface area contributed by atoms with Crippen LogP contribution >= 0.6 is 0 Å². The van der Waals surface area contributed by atoms with Crippen molar-refractivity contribution in [3.63, 3.8) is 0 Å². The number of primary amides is 2. The number of carbonyl (C=O) groups excluding carboxylic acids is 2. The summed E-state index contributed by atoms with van der Waals surface area (Å²) in [5.74, 6) is -3.47. The fourth-order valence-electron chi connectivity index (χ4n) is 4.44. The fraction of sp³-hybridized carbons (Fsp3) is 0.652. The van der Waals surface area contributed by atoms with Crippen LogP contribution < -0.4 is 16.6 Å². The number of benzene rings is 1. The van der Waals surface area contributed by atoms with Crippen LogP contribution in [0.15, 0.2) is 30.3 Å². The zero-order chi connectivity index (χ0) is 29.1. The summed E-state index contributed by atoms with van der Waals surface area (Å²) in [6.45, 7) is 6.78. The Morgan fingerprint density at radius 2 is 1.56 bits per heavy atom. The molecule has 0 aromatic heterocycles. The van der Waals surface area contributed by atoms with E-state index in [-0.39, 0.29) is 31.8 Å². The van der Waals surface area contributed by atoms with Crippen molar-refractivity contribution in [2.45, 2.75) is 69.3 Å². The number of rotatable bonds is 8. The van der Waals surface area contributed by atoms with E-state index in [0.717, 1.165) is 5.56 Å². The van der Waals surface area contributed by atoms with Gasteiger partial charge in [0, 0.05) is 0 Å². The fourth-order valence-corrected chi connectivity index (χ4v) is 4.77. The van der Waals surface area contributed by atoms with Gasteiger partial charge >= 0.3 is 22.5 Å². The molecule has 1 aromatic rings. The number of fused-ring (bicyclic) bond motifs is 3. The number of hydrogen-bond donors (Lipinski definition) is 3. The molecule has 0 spiro atoms. The number of nitrogens with two attached hydrogens (primary N) is 3. The van der Waals surface area contributed by atoms with Gasteiger partial charge in [0.25, 0.3) is 0 Å². The van der Waals surface area contributed by atoms with Crippen LogP contribution in [0.25, 0.3) is 0 Å². The third-order valence-corrected chi connectivity index (χ3v) is 6.27. The first-order valence-corrected chi connectivity index (χ1v) is 13.4. The SMILES string of the molecule is CC1(C)O[C@@H]2[C@@H](CO[C@@]3(COS(N)(=O)=O)OC(C)(C)O[C@@H]23)O1.NC(=O)OCC(COC(N)=O)c1ccccc1. The van der Waals surface area contributed by atoms with Crippen molar-refractivity contribution < 1.29 is 55.3 Å². The van der Waals surface area contributed by atoms with Crippen molar-refractivity contribution >= 4 is 22.5 Å². The number of carbonyl (C=O) groups is 2. The zero-order valence-corrected chi connectivity index (χ0v) is 22.9. The first kappa shape index (κ1) is 31.0. The number of hydrogen-bond acceptors (Lipinski definition) is 12. The maximum Gasteiger partial charge on any atom is 0.404 e. The van der Waals surface area contributed by atoms with Crippen LogP contribution in [0.4, 0.5) is 9.59 Å². The van der Waals surface area contributed by atoms with Gasteiger partial charge in [-0.3, -0.25) is 4.18 Å². The van der Waals surface area contributed by atoms with Crippen molar-refractivity contribution in [2.24, 2.45) is 16.6 Å². The van der Waals surface area contributed by atoms with Gasteiger partial charge in [-0.1, -0.05) is 30.3 Å². The Kier molecular flexibility index (Phi) is 9.44. The average Bonchev–Trinajstić information content (AvgIpc) is 3.29. The molecule has 6 N–H and O–H groups in total. The molecule has 16 heteroatoms. The summed E-state index contributed by atoms with van der Waals surface area (Å²) in [7, 11) is -4.14. The third kappa shape index (κ3) is 8.71. The molecule has 1 aromatic carbocycles. The summed E-state index contributed by atoms with van der Waals surface area (Å²) < 4.78 is 65.3. The van der Waals surface area contributed by atoms with Crippen molar-refractivity contribution in [3.8, 4) is 0 Å². The second kappa shape index (κ2) is 11.9. The molecular formula is C23H35N3O12S. The van der Waals surface area contributed by atoms with Gasteiger partial charge in [0.2, 0.25) is 5.79 Å². The lowest BCUT2D eigenvalue weighted by molar-refractivity contribution is -0.290. The maximum atomic E-state index is 11.1. The van der Waals surface area contributed by atoms with Crippen LogP contribution in [0.5, 0.6) is 0 Å². The zero-order valence-electron chi connectivity index (χ0n) is 22.1. The Balaban J connectivity index is 0.000000224. The molecule has 2 amide bonds. The Morgan fingerprint density at radius 3 is 2.10 bits per heavy atom. The Bertz CT molecular complexity index is 1100. The first-order valence-electron chi connectivity index (χ1n) is 11.9. The Hall–Kier alpha value is -2.57. The second-order valence-electron chi connectivity index (χ2n) is 9.92. The van der Waals surface area contributed by atoms with Crippen LogP contribution in [0, 0.1) is 0 Å². The standard InChI is InChI=1S/C12H21NO8S.C11H14N2O4/c1-10(2)18-7-5-16-12(6-17-22(13,14)15)9(8(7)19-10)20-11(3,4)21-12;12-10(14)16-6-9(7-17-11(13)15)8-4-2-1-3-5-8/h7-9H,5-6H2,1-4H3,(H2,13,14,15);1-5,9H,6-7H2,(H2,12,14)(H2,13,15)/t7-,8-,9+,12+;/m1./s1. The smallest absolute Gasteiger partial charge is 0.404 e. The molecule has 0 saturated carbocycles. The van der Waals surface area contributed by atoms with E-state index >= 15 is 0 Å². The topological polar surface area (TPSA) is 220 Å². The van der Waals surface area contributed by atoms with Gasteiger partial charge in [-0.2, -0.15) is 8.42 Å². The van der Waals surface area contributed by atoms with Gasteiger partial charge in [0.15, 0.2) is 11.6 Å². The number of ether oxygens (including phenoxy) is 7. The molecule has 15 nitrogen and oxygen atoms in total. The van der Waals surface area contributed by atoms with Gasteiger partial charge in [-0.25, -0.2) is 14.7 Å². The molecule has 4 rings (SSSR count). The van der Waals surface area contributed by atoms with Gasteiger partial charge in [-0.15, -0.1) is 0 Å². The van der Waals surface area contributed by atoms with E-state index in [1.54, 1.807) is 27.7 Å². The van der Waals surface area contributed by atoms with Crippen molar-refractivity contribution in [2.75, 3.05) is 26.4 Å². The van der Waals surface area contributed by atoms with E-state index in [0.29, 0.717) is 0 Å². The molecule has 220 valence electrons. The minimum absolute atomic E-state index is 0.0344. The van der Waals surface area contributed by atoms with E-state index in [1.165, 1.54) is 0 Å². The van der Waals surface area contributed by atoms with Crippen molar-refractivity contribution in [1.82, 2.24) is 0 Å². The molecule has 39 heavy (non-hydrogen) atoms. The van der Waals surface area contributed by atoms with E-state index in [4.69, 9.17) is 53.9 Å². The summed E-state index contributed by atoms with van der Waals surface area (Å²) >= 11 is 0. The predicted octanol–water partition coefficient (Wildman–Crippen LogP) is 0.565. The summed E-state index contributed by atoms with van der Waals surface area (Å²) in [6, 6.07) is 9.18. The molecule has 3 aliphatic heterocycles. The van der Waals surface area contributed by atoms with Gasteiger partial charge < -0.3 is 44.6 Å². The van der Waals surface area contributed by atoms with Gasteiger partial charge in [-0.05, 0) is 33.3 Å². The molecular weight excluding hydrogens is 542 g/mol. The molecule has 4 atom stereocenters. The highest BCUT2D eigenvalue weighted by molar-refractivity contribution is 7.84. The Labute approximate surface area is 226 Å². The maximum absolute atomic E-state index is 11.1. The van der Waals surface area contributed by atoms with E-state index in [1.807, 2.05) is 30.3 Å². The second-order valence-corrected chi connectivity index (χ2v) is 11.1. The van der Waals surface area contributed by atoms with E-state index in [9.17, 15) is 18.0 Å². The summed E-state index contributed by atoms with van der Waals surface area (Å²) in [5, 5.41) is 4.89. The van der Waals surface area contributed by atoms with Gasteiger partial charge in [0.05, 0.1) is 12.5 Å². The highest BCUT2D eigenvalue weighted by atomic mass is 32.2. The summed E-state index contributed by atoms with van der Waals surface area (Å²) in [5.41, 5.74) is 10.6. The van der Waals surface area contributed by atoms with E-state index in [2.05, 4.69) is 0 Å². The van der Waals surface area contributed by atoms with Crippen LogP contribution in [-0.2, 0) is 47.6 Å². The largest absolute Gasteiger partial charge is 0.449 e. The van der Waals surface area contributed by atoms with Gasteiger partial charge in [0.1, 0.15) is 38.1 Å². The molecule has 3 fully saturated rings. The van der Waals surface area contributed by atoms with Crippen molar-refractivity contribution in [3.05, 3.63) is 35.9 Å². The normalized spacial score (nSPS) is 28.5. The molecule has 0 aliphatic carbocycles. The molecule has 3 saturated heterocycles. The minimum Gasteiger partial charge on any atom is -0.449 e. The first-order chi connectivity index (χ1) is 18.0. The van der Waals surface area contributed by atoms with E-state index < -0.39 is 58.7 Å². The lowest BCUT2D eigenvalue weighted by Gasteiger charge is -2.40. The monoisotopic (exact) mass is 577 g/mol. The summed E-state index contributed by atoms with van der Waals surface area (Å²) in [4.78, 5) is 21.1. The lowest BCUT2D eigenvalue weighted by Crippen LogP contribution is -2.60. The van der Waals surface area contributed by atoms with Crippen LogP contribution in [0.2, 0.25) is 0 Å². The van der Waals surface area contributed by atoms with Crippen LogP contribution in [0.1, 0.15) is 39.2 Å². The lowest BCUT2D eigenvalue weighted by atomic mass is 9.98. The molecule has 0 radical (unpaired) electrons. The number of amides is 2. The minimum atomic E-state index is -4.14. The third-order valence-electron chi connectivity index (χ3n) is 5.82. The summed E-state index contributed by atoms with van der Waals surface area (Å²) in [6.07, 6.45) is -3.24. The van der Waals surface area contributed by atoms with Crippen LogP contribution in [0.3, 0.4) is 0 Å². The molecule has 0 bridgehead atoms. The molecule has 0 unspecified atom stereocenters.